The Labute approximate surface area is 206 Å². The van der Waals surface area contributed by atoms with Crippen LogP contribution < -0.4 is 10.2 Å². The smallest absolute Gasteiger partial charge is 0.321 e. The van der Waals surface area contributed by atoms with Crippen molar-refractivity contribution in [3.8, 4) is 0 Å². The van der Waals surface area contributed by atoms with E-state index < -0.39 is 23.9 Å². The molecule has 184 valence electrons. The summed E-state index contributed by atoms with van der Waals surface area (Å²) in [6, 6.07) is 21.5. The van der Waals surface area contributed by atoms with Crippen molar-refractivity contribution < 1.29 is 22.8 Å². The number of alkyl halides is 2. The van der Waals surface area contributed by atoms with E-state index in [1.54, 1.807) is 17.0 Å². The molecule has 1 aliphatic heterocycles. The number of fused-ring (bicyclic) bond motifs is 1. The zero-order valence-electron chi connectivity index (χ0n) is 19.5. The fourth-order valence-electron chi connectivity index (χ4n) is 4.76. The van der Waals surface area contributed by atoms with Gasteiger partial charge in [0.2, 0.25) is 5.91 Å². The molecule has 0 unspecified atom stereocenters. The number of halogens is 3. The first kappa shape index (κ1) is 23.7. The average Bonchev–Trinajstić information content (AvgIpc) is 3.40. The molecule has 2 heterocycles. The van der Waals surface area contributed by atoms with Gasteiger partial charge < -0.3 is 14.8 Å². The summed E-state index contributed by atoms with van der Waals surface area (Å²) < 4.78 is 42.6. The molecule has 0 radical (unpaired) electrons. The number of aromatic nitrogens is 1. The number of benzene rings is 3. The SMILES string of the molecule is CC(F)(F)C(=O)N[C@H]1CC(=O)N(c2ccc3c(ccn3Cc3ccc(F)cc3)c2)[C@@H]1c1ccccc1. The average molecular weight is 492 g/mol. The molecule has 1 aromatic heterocycles. The van der Waals surface area contributed by atoms with Crippen molar-refractivity contribution in [2.75, 3.05) is 4.90 Å². The van der Waals surface area contributed by atoms with Gasteiger partial charge in [0.15, 0.2) is 0 Å². The number of amides is 2. The number of anilines is 1. The Kier molecular flexibility index (Phi) is 6.04. The highest BCUT2D eigenvalue weighted by molar-refractivity contribution is 6.00. The lowest BCUT2D eigenvalue weighted by Gasteiger charge is -2.29. The van der Waals surface area contributed by atoms with Gasteiger partial charge in [0.1, 0.15) is 5.82 Å². The number of carbonyl (C=O) groups is 2. The van der Waals surface area contributed by atoms with Crippen LogP contribution in [0.15, 0.2) is 85.1 Å². The van der Waals surface area contributed by atoms with E-state index in [-0.39, 0.29) is 18.1 Å². The number of hydrogen-bond donors (Lipinski definition) is 1. The summed E-state index contributed by atoms with van der Waals surface area (Å²) in [5.41, 5.74) is 3.23. The van der Waals surface area contributed by atoms with Gasteiger partial charge in [0.05, 0.1) is 12.1 Å². The third-order valence-electron chi connectivity index (χ3n) is 6.48. The van der Waals surface area contributed by atoms with Crippen LogP contribution in [0.2, 0.25) is 0 Å². The minimum Gasteiger partial charge on any atom is -0.345 e. The number of hydrogen-bond acceptors (Lipinski definition) is 2. The second-order valence-electron chi connectivity index (χ2n) is 9.10. The Morgan fingerprint density at radius 2 is 1.75 bits per heavy atom. The van der Waals surface area contributed by atoms with Crippen LogP contribution in [0.25, 0.3) is 10.9 Å². The first-order valence-corrected chi connectivity index (χ1v) is 11.6. The van der Waals surface area contributed by atoms with Crippen molar-refractivity contribution in [3.05, 3.63) is 102 Å². The second kappa shape index (κ2) is 9.18. The molecule has 8 heteroatoms. The number of carbonyl (C=O) groups excluding carboxylic acids is 2. The monoisotopic (exact) mass is 491 g/mol. The number of nitrogens with zero attached hydrogens (tertiary/aromatic N) is 2. The summed E-state index contributed by atoms with van der Waals surface area (Å²) in [5, 5.41) is 3.28. The standard InChI is InChI=1S/C28H24F3N3O2/c1-28(30,31)27(36)32-23-16-25(35)34(26(23)19-5-3-2-4-6-19)22-11-12-24-20(15-22)13-14-33(24)17-18-7-9-21(29)10-8-18/h2-15,23,26H,16-17H2,1H3,(H,32,36)/t23-,26+/m0/s1. The van der Waals surface area contributed by atoms with Crippen molar-refractivity contribution in [1.29, 1.82) is 0 Å². The largest absolute Gasteiger partial charge is 0.345 e. The normalized spacial score (nSPS) is 18.1. The van der Waals surface area contributed by atoms with Gasteiger partial charge in [-0.2, -0.15) is 8.78 Å². The Morgan fingerprint density at radius 1 is 1.03 bits per heavy atom. The fraction of sp³-hybridized carbons (Fsp3) is 0.214. The quantitative estimate of drug-likeness (QED) is 0.390. The molecule has 5 nitrogen and oxygen atoms in total. The summed E-state index contributed by atoms with van der Waals surface area (Å²) in [5.74, 6) is -5.51. The van der Waals surface area contributed by atoms with Crippen molar-refractivity contribution >= 4 is 28.4 Å². The molecule has 2 amide bonds. The van der Waals surface area contributed by atoms with Gasteiger partial charge in [-0.25, -0.2) is 4.39 Å². The third kappa shape index (κ3) is 4.58. The molecule has 36 heavy (non-hydrogen) atoms. The summed E-state index contributed by atoms with van der Waals surface area (Å²) in [7, 11) is 0. The summed E-state index contributed by atoms with van der Waals surface area (Å²) in [6.45, 7) is 1.09. The molecule has 5 rings (SSSR count). The van der Waals surface area contributed by atoms with Crippen LogP contribution in [0.5, 0.6) is 0 Å². The van der Waals surface area contributed by atoms with Crippen LogP contribution in [0.4, 0.5) is 18.9 Å². The van der Waals surface area contributed by atoms with E-state index in [4.69, 9.17) is 0 Å². The molecule has 1 saturated heterocycles. The molecule has 4 aromatic rings. The number of rotatable bonds is 6. The molecule has 0 spiro atoms. The van der Waals surface area contributed by atoms with Gasteiger partial charge >= 0.3 is 5.92 Å². The van der Waals surface area contributed by atoms with Crippen molar-refractivity contribution in [1.82, 2.24) is 9.88 Å². The first-order valence-electron chi connectivity index (χ1n) is 11.6. The van der Waals surface area contributed by atoms with Gasteiger partial charge in [0.25, 0.3) is 5.91 Å². The zero-order valence-corrected chi connectivity index (χ0v) is 19.5. The molecule has 0 aliphatic carbocycles. The highest BCUT2D eigenvalue weighted by atomic mass is 19.3. The van der Waals surface area contributed by atoms with Crippen molar-refractivity contribution in [2.24, 2.45) is 0 Å². The molecular weight excluding hydrogens is 467 g/mol. The fourth-order valence-corrected chi connectivity index (χ4v) is 4.76. The van der Waals surface area contributed by atoms with Gasteiger partial charge in [-0.15, -0.1) is 0 Å². The van der Waals surface area contributed by atoms with Crippen LogP contribution in [0.1, 0.15) is 30.5 Å². The van der Waals surface area contributed by atoms with Crippen LogP contribution in [0, 0.1) is 5.82 Å². The maximum atomic E-state index is 13.6. The first-order chi connectivity index (χ1) is 17.2. The van der Waals surface area contributed by atoms with E-state index in [2.05, 4.69) is 5.32 Å². The molecule has 0 bridgehead atoms. The number of nitrogens with one attached hydrogen (secondary N) is 1. The van der Waals surface area contributed by atoms with Crippen LogP contribution in [-0.4, -0.2) is 28.3 Å². The van der Waals surface area contributed by atoms with Crippen LogP contribution in [0.3, 0.4) is 0 Å². The Morgan fingerprint density at radius 3 is 2.44 bits per heavy atom. The van der Waals surface area contributed by atoms with Gasteiger partial charge in [-0.05, 0) is 47.5 Å². The maximum Gasteiger partial charge on any atom is 0.321 e. The van der Waals surface area contributed by atoms with E-state index in [9.17, 15) is 22.8 Å². The van der Waals surface area contributed by atoms with E-state index in [1.807, 2.05) is 65.4 Å². The minimum atomic E-state index is -3.55. The molecule has 0 saturated carbocycles. The van der Waals surface area contributed by atoms with Gasteiger partial charge in [0, 0.05) is 42.7 Å². The predicted molar refractivity (Wildman–Crippen MR) is 131 cm³/mol. The Balaban J connectivity index is 1.48. The van der Waals surface area contributed by atoms with E-state index in [0.717, 1.165) is 22.0 Å². The Bertz CT molecular complexity index is 1410. The van der Waals surface area contributed by atoms with Crippen molar-refractivity contribution in [3.63, 3.8) is 0 Å². The summed E-state index contributed by atoms with van der Waals surface area (Å²) >= 11 is 0. The molecule has 3 aromatic carbocycles. The van der Waals surface area contributed by atoms with E-state index in [1.165, 1.54) is 12.1 Å². The Hall–Kier alpha value is -4.07. The summed E-state index contributed by atoms with van der Waals surface area (Å²) in [6.07, 6.45) is 1.83. The zero-order chi connectivity index (χ0) is 25.4. The molecule has 1 aliphatic rings. The topological polar surface area (TPSA) is 54.3 Å². The lowest BCUT2D eigenvalue weighted by atomic mass is 9.99. The predicted octanol–water partition coefficient (Wildman–Crippen LogP) is 5.45. The lowest BCUT2D eigenvalue weighted by Crippen LogP contribution is -2.46. The minimum absolute atomic E-state index is 0.0923. The highest BCUT2D eigenvalue weighted by Crippen LogP contribution is 2.39. The van der Waals surface area contributed by atoms with Crippen molar-refractivity contribution in [2.45, 2.75) is 37.9 Å². The molecule has 1 fully saturated rings. The molecular formula is C28H24F3N3O2. The van der Waals surface area contributed by atoms with Gasteiger partial charge in [-0.1, -0.05) is 42.5 Å². The van der Waals surface area contributed by atoms with Crippen LogP contribution >= 0.6 is 0 Å². The van der Waals surface area contributed by atoms with E-state index in [0.29, 0.717) is 19.2 Å². The third-order valence-corrected chi connectivity index (χ3v) is 6.48. The highest BCUT2D eigenvalue weighted by Gasteiger charge is 2.45. The van der Waals surface area contributed by atoms with Crippen LogP contribution in [-0.2, 0) is 16.1 Å². The molecule has 1 N–H and O–H groups in total. The second-order valence-corrected chi connectivity index (χ2v) is 9.10. The van der Waals surface area contributed by atoms with Gasteiger partial charge in [-0.3, -0.25) is 9.59 Å². The van der Waals surface area contributed by atoms with E-state index >= 15 is 0 Å². The summed E-state index contributed by atoms with van der Waals surface area (Å²) in [4.78, 5) is 26.8. The lowest BCUT2D eigenvalue weighted by molar-refractivity contribution is -0.143. The maximum absolute atomic E-state index is 13.6. The molecule has 2 atom stereocenters.